The van der Waals surface area contributed by atoms with Crippen LogP contribution in [0.15, 0.2) is 36.5 Å². The molecular weight excluding hydrogens is 298 g/mol. The molecule has 7 nitrogen and oxygen atoms in total. The zero-order valence-corrected chi connectivity index (χ0v) is 12.1. The molecule has 0 bridgehead atoms. The Balaban J connectivity index is 1.88. The molecule has 8 heteroatoms. The van der Waals surface area contributed by atoms with Gasteiger partial charge in [-0.25, -0.2) is 4.98 Å². The van der Waals surface area contributed by atoms with Gasteiger partial charge in [-0.05, 0) is 40.9 Å². The quantitative estimate of drug-likeness (QED) is 0.489. The molecule has 0 radical (unpaired) electrons. The molecule has 4 aromatic rings. The molecule has 108 valence electrons. The number of hydrogen-bond donors (Lipinski definition) is 3. The van der Waals surface area contributed by atoms with Crippen LogP contribution in [0.2, 0.25) is 0 Å². The number of anilines is 2. The molecule has 0 aliphatic carbocycles. The summed E-state index contributed by atoms with van der Waals surface area (Å²) in [5.74, 6) is 0.950. The molecule has 0 saturated heterocycles. The van der Waals surface area contributed by atoms with Gasteiger partial charge in [0.15, 0.2) is 0 Å². The van der Waals surface area contributed by atoms with Gasteiger partial charge >= 0.3 is 0 Å². The van der Waals surface area contributed by atoms with E-state index >= 15 is 0 Å². The van der Waals surface area contributed by atoms with Gasteiger partial charge in [0.1, 0.15) is 5.82 Å². The highest BCUT2D eigenvalue weighted by Gasteiger charge is 2.12. The molecule has 0 saturated carbocycles. The Morgan fingerprint density at radius 1 is 1.09 bits per heavy atom. The summed E-state index contributed by atoms with van der Waals surface area (Å²) in [4.78, 5) is 5.26. The maximum absolute atomic E-state index is 6.03. The number of benzene rings is 1. The van der Waals surface area contributed by atoms with Crippen molar-refractivity contribution in [1.29, 1.82) is 0 Å². The van der Waals surface area contributed by atoms with Gasteiger partial charge in [0.2, 0.25) is 5.82 Å². The van der Waals surface area contributed by atoms with E-state index < -0.39 is 0 Å². The molecular formula is C14H11N7S. The third-order valence-electron chi connectivity index (χ3n) is 3.33. The summed E-state index contributed by atoms with van der Waals surface area (Å²) in [6.45, 7) is 0. The lowest BCUT2D eigenvalue weighted by atomic mass is 10.1. The molecule has 0 amide bonds. The molecule has 1 aromatic carbocycles. The van der Waals surface area contributed by atoms with Crippen LogP contribution in [0.4, 0.5) is 11.5 Å². The van der Waals surface area contributed by atoms with Crippen molar-refractivity contribution in [1.82, 2.24) is 25.6 Å². The molecule has 0 fully saturated rings. The Morgan fingerprint density at radius 3 is 2.82 bits per heavy atom. The van der Waals surface area contributed by atoms with Crippen molar-refractivity contribution in [2.24, 2.45) is 0 Å². The standard InChI is InChI=1S/C14H11N7S/c15-9-1-2-11-7(3-9)5-12(22-11)10-4-8(6-17-13(10)16)14-18-20-21-19-14/h1-6H,15H2,(H2,16,17)(H,18,19,20,21). The van der Waals surface area contributed by atoms with Crippen molar-refractivity contribution >= 4 is 32.9 Å². The highest BCUT2D eigenvalue weighted by atomic mass is 32.1. The van der Waals surface area contributed by atoms with Crippen LogP contribution in [0, 0.1) is 0 Å². The maximum atomic E-state index is 6.03. The number of nitrogens with zero attached hydrogens (tertiary/aromatic N) is 4. The number of tetrazole rings is 1. The molecule has 0 aliphatic rings. The van der Waals surface area contributed by atoms with E-state index in [9.17, 15) is 0 Å². The SMILES string of the molecule is Nc1ccc2sc(-c3cc(-c4nn[nH]n4)cnc3N)cc2c1. The minimum absolute atomic E-state index is 0.465. The van der Waals surface area contributed by atoms with Crippen molar-refractivity contribution in [3.8, 4) is 21.8 Å². The number of hydrogen-bond acceptors (Lipinski definition) is 7. The first-order chi connectivity index (χ1) is 10.7. The fourth-order valence-electron chi connectivity index (χ4n) is 2.27. The minimum atomic E-state index is 0.465. The second kappa shape index (κ2) is 4.78. The number of H-pyrrole nitrogens is 1. The third-order valence-corrected chi connectivity index (χ3v) is 4.48. The minimum Gasteiger partial charge on any atom is -0.399 e. The topological polar surface area (TPSA) is 119 Å². The van der Waals surface area contributed by atoms with Gasteiger partial charge in [-0.3, -0.25) is 0 Å². The zero-order valence-electron chi connectivity index (χ0n) is 11.3. The Hall–Kier alpha value is -3.00. The molecule has 3 heterocycles. The van der Waals surface area contributed by atoms with Crippen molar-refractivity contribution in [3.63, 3.8) is 0 Å². The second-order valence-corrected chi connectivity index (χ2v) is 5.88. The summed E-state index contributed by atoms with van der Waals surface area (Å²) in [5.41, 5.74) is 14.2. The van der Waals surface area contributed by atoms with Crippen molar-refractivity contribution in [3.05, 3.63) is 36.5 Å². The molecule has 0 atom stereocenters. The van der Waals surface area contributed by atoms with E-state index in [1.165, 1.54) is 0 Å². The first-order valence-corrected chi connectivity index (χ1v) is 7.31. The summed E-state index contributed by atoms with van der Waals surface area (Å²) in [5, 5.41) is 15.0. The van der Waals surface area contributed by atoms with Crippen LogP contribution in [-0.2, 0) is 0 Å². The number of aromatic nitrogens is 5. The molecule has 0 spiro atoms. The number of aromatic amines is 1. The summed E-state index contributed by atoms with van der Waals surface area (Å²) in [6, 6.07) is 9.82. The molecule has 0 aliphatic heterocycles. The Morgan fingerprint density at radius 2 is 2.00 bits per heavy atom. The third kappa shape index (κ3) is 2.06. The van der Waals surface area contributed by atoms with Gasteiger partial charge in [0, 0.05) is 32.6 Å². The van der Waals surface area contributed by atoms with Crippen LogP contribution in [0.5, 0.6) is 0 Å². The van der Waals surface area contributed by atoms with Crippen LogP contribution < -0.4 is 11.5 Å². The van der Waals surface area contributed by atoms with Crippen molar-refractivity contribution in [2.45, 2.75) is 0 Å². The van der Waals surface area contributed by atoms with E-state index in [1.54, 1.807) is 17.5 Å². The van der Waals surface area contributed by atoms with E-state index in [4.69, 9.17) is 11.5 Å². The highest BCUT2D eigenvalue weighted by molar-refractivity contribution is 7.22. The summed E-state index contributed by atoms with van der Waals surface area (Å²) < 4.78 is 1.15. The Kier molecular flexibility index (Phi) is 2.76. The van der Waals surface area contributed by atoms with Crippen LogP contribution in [-0.4, -0.2) is 25.6 Å². The molecule has 0 unspecified atom stereocenters. The van der Waals surface area contributed by atoms with Gasteiger partial charge in [-0.15, -0.1) is 21.5 Å². The average molecular weight is 309 g/mol. The zero-order chi connectivity index (χ0) is 15.1. The fraction of sp³-hybridized carbons (Fsp3) is 0. The largest absolute Gasteiger partial charge is 0.399 e. The maximum Gasteiger partial charge on any atom is 0.206 e. The van der Waals surface area contributed by atoms with E-state index in [2.05, 4.69) is 31.7 Å². The van der Waals surface area contributed by atoms with Crippen molar-refractivity contribution in [2.75, 3.05) is 11.5 Å². The van der Waals surface area contributed by atoms with Crippen LogP contribution in [0.25, 0.3) is 31.9 Å². The smallest absolute Gasteiger partial charge is 0.206 e. The summed E-state index contributed by atoms with van der Waals surface area (Å²) in [7, 11) is 0. The molecule has 5 N–H and O–H groups in total. The molecule has 3 aromatic heterocycles. The van der Waals surface area contributed by atoms with E-state index in [0.717, 1.165) is 31.8 Å². The van der Waals surface area contributed by atoms with Crippen LogP contribution in [0.3, 0.4) is 0 Å². The monoisotopic (exact) mass is 309 g/mol. The molecule has 22 heavy (non-hydrogen) atoms. The van der Waals surface area contributed by atoms with E-state index in [-0.39, 0.29) is 0 Å². The number of nitrogen functional groups attached to an aromatic ring is 2. The predicted octanol–water partition coefficient (Wildman–Crippen LogP) is 2.31. The summed E-state index contributed by atoms with van der Waals surface area (Å²) >= 11 is 1.64. The second-order valence-electron chi connectivity index (χ2n) is 4.80. The number of nitrogens with two attached hydrogens (primary N) is 2. The van der Waals surface area contributed by atoms with Gasteiger partial charge < -0.3 is 11.5 Å². The highest BCUT2D eigenvalue weighted by Crippen LogP contribution is 2.37. The number of rotatable bonds is 2. The lowest BCUT2D eigenvalue weighted by Crippen LogP contribution is -1.94. The van der Waals surface area contributed by atoms with Crippen LogP contribution >= 0.6 is 11.3 Å². The van der Waals surface area contributed by atoms with Crippen molar-refractivity contribution < 1.29 is 0 Å². The predicted molar refractivity (Wildman–Crippen MR) is 87.1 cm³/mol. The summed E-state index contributed by atoms with van der Waals surface area (Å²) in [6.07, 6.45) is 1.63. The first-order valence-electron chi connectivity index (χ1n) is 6.49. The van der Waals surface area contributed by atoms with Gasteiger partial charge in [0.25, 0.3) is 0 Å². The van der Waals surface area contributed by atoms with Crippen LogP contribution in [0.1, 0.15) is 0 Å². The van der Waals surface area contributed by atoms with Gasteiger partial charge in [-0.1, -0.05) is 0 Å². The Labute approximate surface area is 129 Å². The number of fused-ring (bicyclic) bond motifs is 1. The normalized spacial score (nSPS) is 11.1. The number of nitrogens with one attached hydrogen (secondary N) is 1. The number of pyridine rings is 1. The Bertz CT molecular complexity index is 959. The lowest BCUT2D eigenvalue weighted by molar-refractivity contribution is 0.881. The van der Waals surface area contributed by atoms with E-state index in [1.807, 2.05) is 24.3 Å². The molecule has 4 rings (SSSR count). The van der Waals surface area contributed by atoms with Gasteiger partial charge in [-0.2, -0.15) is 5.21 Å². The first kappa shape index (κ1) is 12.7. The lowest BCUT2D eigenvalue weighted by Gasteiger charge is -2.03. The number of thiophene rings is 1. The average Bonchev–Trinajstić information content (AvgIpc) is 3.16. The van der Waals surface area contributed by atoms with E-state index in [0.29, 0.717) is 11.6 Å². The van der Waals surface area contributed by atoms with Gasteiger partial charge in [0.05, 0.1) is 0 Å². The fourth-order valence-corrected chi connectivity index (χ4v) is 3.34.